The van der Waals surface area contributed by atoms with E-state index in [9.17, 15) is 0 Å². The number of rotatable bonds is 5. The normalized spacial score (nSPS) is 34.0. The first-order valence-electron chi connectivity index (χ1n) is 6.28. The largest absolute Gasteiger partial charge is 0.381 e. The lowest BCUT2D eigenvalue weighted by molar-refractivity contribution is -0.162. The highest BCUT2D eigenvalue weighted by Gasteiger charge is 2.42. The SMILES string of the molecule is CCO[C@@H](C)O[C@H]1C[C@H]2C[C@H]1C=C2N(C)C. The molecule has 0 heterocycles. The first-order chi connectivity index (χ1) is 7.61. The van der Waals surface area contributed by atoms with E-state index in [4.69, 9.17) is 9.47 Å². The van der Waals surface area contributed by atoms with Gasteiger partial charge in [0.15, 0.2) is 6.29 Å². The minimum Gasteiger partial charge on any atom is -0.381 e. The van der Waals surface area contributed by atoms with E-state index in [0.29, 0.717) is 17.9 Å². The molecule has 0 N–H and O–H groups in total. The molecular formula is C13H23NO2. The van der Waals surface area contributed by atoms with Crippen molar-refractivity contribution in [3.63, 3.8) is 0 Å². The third-order valence-electron chi connectivity index (χ3n) is 3.64. The van der Waals surface area contributed by atoms with Crippen molar-refractivity contribution < 1.29 is 9.47 Å². The lowest BCUT2D eigenvalue weighted by atomic mass is 10.0. The lowest BCUT2D eigenvalue weighted by Crippen LogP contribution is -2.28. The van der Waals surface area contributed by atoms with Crippen LogP contribution in [-0.2, 0) is 9.47 Å². The molecule has 0 saturated heterocycles. The Labute approximate surface area is 98.4 Å². The summed E-state index contributed by atoms with van der Waals surface area (Å²) in [5.41, 5.74) is 1.49. The molecule has 1 saturated carbocycles. The summed E-state index contributed by atoms with van der Waals surface area (Å²) in [5.74, 6) is 1.31. The van der Waals surface area contributed by atoms with Crippen LogP contribution in [0.25, 0.3) is 0 Å². The minimum atomic E-state index is -0.0643. The Kier molecular flexibility index (Phi) is 3.55. The van der Waals surface area contributed by atoms with Crippen molar-refractivity contribution >= 4 is 0 Å². The standard InChI is InChI=1S/C13H23NO2/c1-5-15-9(2)16-13-8-10-6-11(13)7-12(10)14(3)4/h7,9-11,13H,5-6,8H2,1-4H3/t9-,10-,11+,13+/m1/s1. The predicted molar refractivity (Wildman–Crippen MR) is 63.9 cm³/mol. The molecule has 0 spiro atoms. The second-order valence-corrected chi connectivity index (χ2v) is 5.02. The summed E-state index contributed by atoms with van der Waals surface area (Å²) in [5, 5.41) is 0. The van der Waals surface area contributed by atoms with Crippen molar-refractivity contribution in [2.75, 3.05) is 20.7 Å². The van der Waals surface area contributed by atoms with E-state index in [1.54, 1.807) is 0 Å². The zero-order valence-corrected chi connectivity index (χ0v) is 10.8. The highest BCUT2D eigenvalue weighted by Crippen LogP contribution is 2.46. The van der Waals surface area contributed by atoms with Gasteiger partial charge < -0.3 is 14.4 Å². The van der Waals surface area contributed by atoms with Gasteiger partial charge in [-0.15, -0.1) is 0 Å². The van der Waals surface area contributed by atoms with Crippen LogP contribution in [0.2, 0.25) is 0 Å². The molecule has 0 aliphatic heterocycles. The van der Waals surface area contributed by atoms with Crippen LogP contribution in [-0.4, -0.2) is 38.0 Å². The molecule has 16 heavy (non-hydrogen) atoms. The number of hydrogen-bond acceptors (Lipinski definition) is 3. The van der Waals surface area contributed by atoms with Gasteiger partial charge >= 0.3 is 0 Å². The van der Waals surface area contributed by atoms with Crippen molar-refractivity contribution in [1.29, 1.82) is 0 Å². The Morgan fingerprint density at radius 2 is 2.19 bits per heavy atom. The molecule has 3 nitrogen and oxygen atoms in total. The van der Waals surface area contributed by atoms with Crippen molar-refractivity contribution in [2.24, 2.45) is 11.8 Å². The minimum absolute atomic E-state index is 0.0643. The van der Waals surface area contributed by atoms with Gasteiger partial charge in [0.2, 0.25) is 0 Å². The monoisotopic (exact) mass is 225 g/mol. The fraction of sp³-hybridized carbons (Fsp3) is 0.846. The van der Waals surface area contributed by atoms with Crippen molar-refractivity contribution in [3.8, 4) is 0 Å². The zero-order chi connectivity index (χ0) is 11.7. The Bertz CT molecular complexity index is 275. The predicted octanol–water partition coefficient (Wildman–Crippen LogP) is 2.24. The van der Waals surface area contributed by atoms with Crippen molar-refractivity contribution in [1.82, 2.24) is 4.90 Å². The molecule has 2 bridgehead atoms. The number of allylic oxidation sites excluding steroid dienone is 1. The molecule has 92 valence electrons. The average Bonchev–Trinajstić information content (AvgIpc) is 2.76. The molecule has 3 heteroatoms. The summed E-state index contributed by atoms with van der Waals surface area (Å²) in [6.07, 6.45) is 5.11. The van der Waals surface area contributed by atoms with Crippen LogP contribution in [0, 0.1) is 11.8 Å². The summed E-state index contributed by atoms with van der Waals surface area (Å²) < 4.78 is 11.4. The van der Waals surface area contributed by atoms with E-state index in [1.165, 1.54) is 12.1 Å². The van der Waals surface area contributed by atoms with Crippen molar-refractivity contribution in [3.05, 3.63) is 11.8 Å². The average molecular weight is 225 g/mol. The number of fused-ring (bicyclic) bond motifs is 2. The Balaban J connectivity index is 1.89. The zero-order valence-electron chi connectivity index (χ0n) is 10.8. The van der Waals surface area contributed by atoms with Gasteiger partial charge in [0.05, 0.1) is 6.10 Å². The molecule has 4 atom stereocenters. The second kappa shape index (κ2) is 4.76. The quantitative estimate of drug-likeness (QED) is 0.670. The first kappa shape index (κ1) is 11.9. The third kappa shape index (κ3) is 2.25. The van der Waals surface area contributed by atoms with Crippen LogP contribution < -0.4 is 0 Å². The molecule has 0 aromatic heterocycles. The first-order valence-corrected chi connectivity index (χ1v) is 6.28. The Morgan fingerprint density at radius 3 is 2.69 bits per heavy atom. The van der Waals surface area contributed by atoms with Gasteiger partial charge in [0, 0.05) is 38.2 Å². The van der Waals surface area contributed by atoms with Gasteiger partial charge in [-0.3, -0.25) is 0 Å². The van der Waals surface area contributed by atoms with Gasteiger partial charge in [-0.2, -0.15) is 0 Å². The van der Waals surface area contributed by atoms with Crippen LogP contribution in [0.1, 0.15) is 26.7 Å². The smallest absolute Gasteiger partial charge is 0.155 e. The van der Waals surface area contributed by atoms with E-state index >= 15 is 0 Å². The summed E-state index contributed by atoms with van der Waals surface area (Å²) in [7, 11) is 4.26. The van der Waals surface area contributed by atoms with Gasteiger partial charge in [-0.1, -0.05) is 6.08 Å². The Morgan fingerprint density at radius 1 is 1.44 bits per heavy atom. The maximum Gasteiger partial charge on any atom is 0.155 e. The molecule has 2 rings (SSSR count). The maximum atomic E-state index is 5.93. The molecule has 2 aliphatic rings. The van der Waals surface area contributed by atoms with Gasteiger partial charge in [-0.05, 0) is 26.7 Å². The van der Waals surface area contributed by atoms with Crippen LogP contribution >= 0.6 is 0 Å². The second-order valence-electron chi connectivity index (χ2n) is 5.02. The number of nitrogens with zero attached hydrogens (tertiary/aromatic N) is 1. The highest BCUT2D eigenvalue weighted by molar-refractivity contribution is 5.20. The molecule has 0 radical (unpaired) electrons. The summed E-state index contributed by atoms with van der Waals surface area (Å²) >= 11 is 0. The number of hydrogen-bond donors (Lipinski definition) is 0. The van der Waals surface area contributed by atoms with Gasteiger partial charge in [0.25, 0.3) is 0 Å². The summed E-state index contributed by atoms with van der Waals surface area (Å²) in [6.45, 7) is 4.72. The Hall–Kier alpha value is -0.540. The van der Waals surface area contributed by atoms with Crippen LogP contribution in [0.3, 0.4) is 0 Å². The lowest BCUT2D eigenvalue weighted by Gasteiger charge is -2.27. The molecular weight excluding hydrogens is 202 g/mol. The van der Waals surface area contributed by atoms with E-state index in [1.807, 2.05) is 13.8 Å². The molecule has 1 fully saturated rings. The number of ether oxygens (including phenoxy) is 2. The van der Waals surface area contributed by atoms with Crippen LogP contribution in [0.5, 0.6) is 0 Å². The molecule has 0 amide bonds. The maximum absolute atomic E-state index is 5.93. The van der Waals surface area contributed by atoms with E-state index in [-0.39, 0.29) is 6.29 Å². The molecule has 0 unspecified atom stereocenters. The van der Waals surface area contributed by atoms with Crippen molar-refractivity contribution in [2.45, 2.75) is 39.1 Å². The molecule has 2 aliphatic carbocycles. The summed E-state index contributed by atoms with van der Waals surface area (Å²) in [4.78, 5) is 2.24. The third-order valence-corrected chi connectivity index (χ3v) is 3.64. The van der Waals surface area contributed by atoms with Gasteiger partial charge in [-0.25, -0.2) is 0 Å². The molecule has 0 aromatic carbocycles. The van der Waals surface area contributed by atoms with E-state index in [0.717, 1.165) is 13.0 Å². The fourth-order valence-corrected chi connectivity index (χ4v) is 2.99. The summed E-state index contributed by atoms with van der Waals surface area (Å²) in [6, 6.07) is 0. The van der Waals surface area contributed by atoms with Gasteiger partial charge in [0.1, 0.15) is 0 Å². The van der Waals surface area contributed by atoms with E-state index in [2.05, 4.69) is 25.1 Å². The highest BCUT2D eigenvalue weighted by atomic mass is 16.7. The topological polar surface area (TPSA) is 21.7 Å². The van der Waals surface area contributed by atoms with Crippen LogP contribution in [0.4, 0.5) is 0 Å². The molecule has 0 aromatic rings. The van der Waals surface area contributed by atoms with Crippen LogP contribution in [0.15, 0.2) is 11.8 Å². The fourth-order valence-electron chi connectivity index (χ4n) is 2.99. The van der Waals surface area contributed by atoms with E-state index < -0.39 is 0 Å².